The van der Waals surface area contributed by atoms with E-state index < -0.39 is 11.9 Å². The van der Waals surface area contributed by atoms with E-state index in [4.69, 9.17) is 22.3 Å². The van der Waals surface area contributed by atoms with Crippen LogP contribution in [0.25, 0.3) is 5.00 Å². The number of hydrogen-bond acceptors (Lipinski definition) is 5. The summed E-state index contributed by atoms with van der Waals surface area (Å²) >= 11 is 7.74. The fraction of sp³-hybridized carbons (Fsp3) is 0.263. The van der Waals surface area contributed by atoms with Crippen molar-refractivity contribution in [3.05, 3.63) is 62.5 Å². The lowest BCUT2D eigenvalue weighted by Crippen LogP contribution is -2.17. The van der Waals surface area contributed by atoms with E-state index in [0.717, 1.165) is 33.2 Å². The molecule has 2 N–H and O–H groups in total. The second kappa shape index (κ2) is 6.58. The third-order valence-electron chi connectivity index (χ3n) is 4.75. The number of primary amides is 1. The summed E-state index contributed by atoms with van der Waals surface area (Å²) in [7, 11) is 0. The maximum atomic E-state index is 11.7. The molecule has 6 nitrogen and oxygen atoms in total. The summed E-state index contributed by atoms with van der Waals surface area (Å²) < 4.78 is 2.00. The number of carbonyl (C=O) groups excluding carboxylic acids is 1. The summed E-state index contributed by atoms with van der Waals surface area (Å²) in [6, 6.07) is 7.07. The number of halogens is 1. The molecule has 1 aliphatic heterocycles. The van der Waals surface area contributed by atoms with Crippen LogP contribution < -0.4 is 5.73 Å². The number of carbonyl (C=O) groups is 1. The van der Waals surface area contributed by atoms with E-state index >= 15 is 0 Å². The van der Waals surface area contributed by atoms with Gasteiger partial charge in [0.25, 0.3) is 0 Å². The van der Waals surface area contributed by atoms with Crippen LogP contribution in [-0.2, 0) is 4.79 Å². The normalized spacial score (nSPS) is 15.7. The first-order chi connectivity index (χ1) is 12.9. The van der Waals surface area contributed by atoms with Gasteiger partial charge in [-0.15, -0.1) is 21.5 Å². The molecule has 1 amide bonds. The summed E-state index contributed by atoms with van der Waals surface area (Å²) in [5, 5.41) is 10.2. The Balaban J connectivity index is 2.04. The maximum absolute atomic E-state index is 11.7. The van der Waals surface area contributed by atoms with Gasteiger partial charge in [-0.3, -0.25) is 14.4 Å². The van der Waals surface area contributed by atoms with Crippen molar-refractivity contribution in [3.63, 3.8) is 0 Å². The Hall–Kier alpha value is -2.51. The minimum Gasteiger partial charge on any atom is -0.370 e. The largest absolute Gasteiger partial charge is 0.370 e. The van der Waals surface area contributed by atoms with Gasteiger partial charge in [-0.2, -0.15) is 0 Å². The topological polar surface area (TPSA) is 86.2 Å². The zero-order valence-electron chi connectivity index (χ0n) is 15.2. The molecule has 0 bridgehead atoms. The smallest absolute Gasteiger partial charge is 0.220 e. The molecular formula is C19H18ClN5OS. The Kier molecular flexibility index (Phi) is 4.36. The van der Waals surface area contributed by atoms with E-state index in [1.165, 1.54) is 4.88 Å². The minimum absolute atomic E-state index is 0.0716. The number of thiophene rings is 1. The van der Waals surface area contributed by atoms with Crippen molar-refractivity contribution < 1.29 is 4.79 Å². The predicted octanol–water partition coefficient (Wildman–Crippen LogP) is 3.67. The number of aliphatic imine (C=N–C) groups is 1. The Bertz CT molecular complexity index is 1080. The number of aryl methyl sites for hydroxylation is 2. The number of hydrogen-bond donors (Lipinski definition) is 1. The third kappa shape index (κ3) is 2.96. The summed E-state index contributed by atoms with van der Waals surface area (Å²) in [6.07, 6.45) is 0.0716. The Morgan fingerprint density at radius 2 is 1.93 bits per heavy atom. The van der Waals surface area contributed by atoms with Gasteiger partial charge < -0.3 is 5.73 Å². The van der Waals surface area contributed by atoms with Gasteiger partial charge in [0.05, 0.1) is 12.1 Å². The fourth-order valence-electron chi connectivity index (χ4n) is 3.32. The second-order valence-corrected chi connectivity index (χ2v) is 8.21. The highest BCUT2D eigenvalue weighted by molar-refractivity contribution is 7.15. The molecule has 1 aromatic carbocycles. The third-order valence-corrected chi connectivity index (χ3v) is 6.20. The average Bonchev–Trinajstić information content (AvgIpc) is 3.08. The Morgan fingerprint density at radius 1 is 1.22 bits per heavy atom. The first kappa shape index (κ1) is 17.9. The number of rotatable bonds is 3. The molecule has 3 aromatic rings. The van der Waals surface area contributed by atoms with Crippen molar-refractivity contribution in [1.82, 2.24) is 14.8 Å². The van der Waals surface area contributed by atoms with E-state index in [0.29, 0.717) is 10.8 Å². The molecule has 3 heterocycles. The number of fused-ring (bicyclic) bond motifs is 3. The summed E-state index contributed by atoms with van der Waals surface area (Å²) in [5.74, 6) is 0.969. The number of benzene rings is 1. The van der Waals surface area contributed by atoms with Crippen LogP contribution in [0.2, 0.25) is 5.02 Å². The lowest BCUT2D eigenvalue weighted by Gasteiger charge is -2.11. The number of aromatic nitrogens is 3. The van der Waals surface area contributed by atoms with Crippen LogP contribution in [0.5, 0.6) is 0 Å². The Labute approximate surface area is 165 Å². The van der Waals surface area contributed by atoms with E-state index in [-0.39, 0.29) is 6.42 Å². The van der Waals surface area contributed by atoms with E-state index in [1.807, 2.05) is 35.8 Å². The van der Waals surface area contributed by atoms with Crippen molar-refractivity contribution in [1.29, 1.82) is 0 Å². The molecule has 27 heavy (non-hydrogen) atoms. The number of nitrogens with two attached hydrogens (primary N) is 1. The van der Waals surface area contributed by atoms with Gasteiger partial charge in [0.2, 0.25) is 5.91 Å². The lowest BCUT2D eigenvalue weighted by atomic mass is 9.99. The van der Waals surface area contributed by atoms with E-state index in [1.54, 1.807) is 11.3 Å². The summed E-state index contributed by atoms with van der Waals surface area (Å²) in [6.45, 7) is 6.08. The monoisotopic (exact) mass is 399 g/mol. The quantitative estimate of drug-likeness (QED) is 0.728. The van der Waals surface area contributed by atoms with E-state index in [9.17, 15) is 4.79 Å². The van der Waals surface area contributed by atoms with Crippen LogP contribution in [0.1, 0.15) is 45.7 Å². The molecule has 1 aliphatic rings. The highest BCUT2D eigenvalue weighted by atomic mass is 35.5. The van der Waals surface area contributed by atoms with Gasteiger partial charge in [-0.1, -0.05) is 23.7 Å². The van der Waals surface area contributed by atoms with Crippen molar-refractivity contribution in [2.24, 2.45) is 10.7 Å². The maximum Gasteiger partial charge on any atom is 0.220 e. The lowest BCUT2D eigenvalue weighted by molar-refractivity contribution is -0.118. The zero-order chi connectivity index (χ0) is 19.3. The number of amides is 1. The molecule has 0 spiro atoms. The van der Waals surface area contributed by atoms with Crippen LogP contribution >= 0.6 is 22.9 Å². The van der Waals surface area contributed by atoms with Crippen molar-refractivity contribution in [3.8, 4) is 5.00 Å². The Morgan fingerprint density at radius 3 is 2.59 bits per heavy atom. The molecule has 0 radical (unpaired) electrons. The molecule has 0 fully saturated rings. The molecule has 8 heteroatoms. The van der Waals surface area contributed by atoms with Gasteiger partial charge in [0, 0.05) is 21.0 Å². The molecule has 0 aliphatic carbocycles. The predicted molar refractivity (Wildman–Crippen MR) is 107 cm³/mol. The molecule has 1 atom stereocenters. The first-order valence-corrected chi connectivity index (χ1v) is 9.71. The molecule has 4 rings (SSSR count). The van der Waals surface area contributed by atoms with Crippen LogP contribution in [0.15, 0.2) is 29.3 Å². The van der Waals surface area contributed by atoms with Gasteiger partial charge in [-0.25, -0.2) is 0 Å². The van der Waals surface area contributed by atoms with Crippen LogP contribution in [0.4, 0.5) is 0 Å². The van der Waals surface area contributed by atoms with Crippen molar-refractivity contribution in [2.75, 3.05) is 0 Å². The van der Waals surface area contributed by atoms with Crippen LogP contribution in [-0.4, -0.2) is 26.4 Å². The second-order valence-electron chi connectivity index (χ2n) is 6.58. The minimum atomic E-state index is -0.492. The van der Waals surface area contributed by atoms with Gasteiger partial charge in [-0.05, 0) is 38.5 Å². The molecule has 0 saturated heterocycles. The van der Waals surface area contributed by atoms with Crippen molar-refractivity contribution in [2.45, 2.75) is 33.2 Å². The van der Waals surface area contributed by atoms with Crippen LogP contribution in [0.3, 0.4) is 0 Å². The molecule has 0 unspecified atom stereocenters. The zero-order valence-corrected chi connectivity index (χ0v) is 16.7. The van der Waals surface area contributed by atoms with E-state index in [2.05, 4.69) is 24.0 Å². The first-order valence-electron chi connectivity index (χ1n) is 8.51. The van der Waals surface area contributed by atoms with Crippen LogP contribution in [0, 0.1) is 20.8 Å². The van der Waals surface area contributed by atoms with Gasteiger partial charge in [0.1, 0.15) is 16.9 Å². The highest BCUT2D eigenvalue weighted by Crippen LogP contribution is 2.39. The average molecular weight is 400 g/mol. The fourth-order valence-corrected chi connectivity index (χ4v) is 4.66. The van der Waals surface area contributed by atoms with Gasteiger partial charge >= 0.3 is 0 Å². The highest BCUT2D eigenvalue weighted by Gasteiger charge is 2.31. The van der Waals surface area contributed by atoms with Gasteiger partial charge in [0.15, 0.2) is 5.82 Å². The molecule has 0 saturated carbocycles. The SMILES string of the molecule is Cc1sc2c(c1C)C(c1ccc(Cl)cc1)=N[C@H](CC(N)=O)c1nnc(C)n1-2. The standard InChI is InChI=1S/C19H18ClN5OS/c1-9-10(2)27-19-16(9)17(12-4-6-13(20)7-5-12)22-14(8-15(21)26)18-24-23-11(3)25(18)19/h4-7,14H,8H2,1-3H3,(H2,21,26)/t14-/m1/s1. The molecule has 2 aromatic heterocycles. The summed E-state index contributed by atoms with van der Waals surface area (Å²) in [4.78, 5) is 17.8. The number of nitrogens with zero attached hydrogens (tertiary/aromatic N) is 4. The van der Waals surface area contributed by atoms with Crippen molar-refractivity contribution >= 4 is 34.6 Å². The molecular weight excluding hydrogens is 382 g/mol. The molecule has 138 valence electrons. The summed E-state index contributed by atoms with van der Waals surface area (Å²) in [5.41, 5.74) is 9.45.